The van der Waals surface area contributed by atoms with Crippen LogP contribution < -0.4 is 16.4 Å². The van der Waals surface area contributed by atoms with Crippen LogP contribution in [0.4, 0.5) is 4.79 Å². The molecule has 4 rings (SSSR count). The maximum absolute atomic E-state index is 12.8. The zero-order valence-electron chi connectivity index (χ0n) is 20.9. The Morgan fingerprint density at radius 2 is 1.92 bits per heavy atom. The molecular formula is C27H35N5O4S. The number of aromatic nitrogens is 1. The van der Waals surface area contributed by atoms with Gasteiger partial charge in [-0.3, -0.25) is 9.59 Å². The monoisotopic (exact) mass is 525 g/mol. The van der Waals surface area contributed by atoms with Crippen LogP contribution in [0.5, 0.6) is 5.75 Å². The minimum atomic E-state index is -0.890. The number of aromatic hydroxyl groups is 1. The van der Waals surface area contributed by atoms with E-state index in [0.717, 1.165) is 42.7 Å². The van der Waals surface area contributed by atoms with E-state index in [-0.39, 0.29) is 29.8 Å². The predicted molar refractivity (Wildman–Crippen MR) is 142 cm³/mol. The second-order valence-corrected chi connectivity index (χ2v) is 10.6. The third kappa shape index (κ3) is 7.55. The van der Waals surface area contributed by atoms with Crippen molar-refractivity contribution in [1.29, 1.82) is 0 Å². The van der Waals surface area contributed by atoms with Crippen molar-refractivity contribution in [2.24, 2.45) is 5.73 Å². The maximum Gasteiger partial charge on any atom is 0.317 e. The van der Waals surface area contributed by atoms with Gasteiger partial charge < -0.3 is 26.4 Å². The number of nitrogens with two attached hydrogens (primary N) is 1. The third-order valence-corrected chi connectivity index (χ3v) is 8.03. The molecule has 4 amide bonds. The second kappa shape index (κ2) is 12.7. The molecule has 0 saturated carbocycles. The van der Waals surface area contributed by atoms with Crippen LogP contribution in [0.25, 0.3) is 0 Å². The normalized spacial score (nSPS) is 17.1. The van der Waals surface area contributed by atoms with E-state index in [1.54, 1.807) is 17.5 Å². The van der Waals surface area contributed by atoms with Gasteiger partial charge in [0.1, 0.15) is 17.5 Å². The lowest BCUT2D eigenvalue weighted by molar-refractivity contribution is -0.119. The molecule has 0 spiro atoms. The number of allylic oxidation sites excluding steroid dienone is 1. The van der Waals surface area contributed by atoms with Crippen molar-refractivity contribution in [2.45, 2.75) is 63.3 Å². The highest BCUT2D eigenvalue weighted by atomic mass is 32.1. The number of thiazole rings is 1. The molecule has 1 aromatic carbocycles. The fourth-order valence-electron chi connectivity index (χ4n) is 4.81. The molecule has 1 atom stereocenters. The molecule has 2 aromatic rings. The molecule has 1 unspecified atom stereocenters. The van der Waals surface area contributed by atoms with Crippen molar-refractivity contribution in [3.63, 3.8) is 0 Å². The lowest BCUT2D eigenvalue weighted by atomic mass is 9.97. The van der Waals surface area contributed by atoms with Crippen molar-refractivity contribution in [1.82, 2.24) is 20.5 Å². The molecule has 1 fully saturated rings. The molecule has 2 heterocycles. The van der Waals surface area contributed by atoms with E-state index in [2.05, 4.69) is 21.7 Å². The van der Waals surface area contributed by atoms with Gasteiger partial charge in [0.2, 0.25) is 5.91 Å². The number of hydrogen-bond donors (Lipinski definition) is 4. The third-order valence-electron chi connectivity index (χ3n) is 7.02. The van der Waals surface area contributed by atoms with Gasteiger partial charge in [-0.2, -0.15) is 0 Å². The van der Waals surface area contributed by atoms with Crippen LogP contribution in [0.15, 0.2) is 41.3 Å². The quantitative estimate of drug-likeness (QED) is 0.372. The SMILES string of the molecule is NC(=O)C(Cc1ccc(O)cc1)NC(=O)c1csc(C2CCN(C(=O)NCCC3=CCCCC3)CC2)n1. The van der Waals surface area contributed by atoms with Gasteiger partial charge in [0.15, 0.2) is 0 Å². The lowest BCUT2D eigenvalue weighted by Crippen LogP contribution is -2.46. The van der Waals surface area contributed by atoms with Gasteiger partial charge >= 0.3 is 6.03 Å². The van der Waals surface area contributed by atoms with Gasteiger partial charge in [0.25, 0.3) is 5.91 Å². The summed E-state index contributed by atoms with van der Waals surface area (Å²) in [5.41, 5.74) is 7.99. The highest BCUT2D eigenvalue weighted by molar-refractivity contribution is 7.09. The molecule has 5 N–H and O–H groups in total. The van der Waals surface area contributed by atoms with Crippen LogP contribution >= 0.6 is 11.3 Å². The van der Waals surface area contributed by atoms with Crippen molar-refractivity contribution < 1.29 is 19.5 Å². The number of phenols is 1. The number of piperidine rings is 1. The summed E-state index contributed by atoms with van der Waals surface area (Å²) >= 11 is 1.42. The number of carbonyl (C=O) groups excluding carboxylic acids is 3. The number of phenolic OH excluding ortho intramolecular Hbond substituents is 1. The summed E-state index contributed by atoms with van der Waals surface area (Å²) in [6.07, 6.45) is 9.86. The van der Waals surface area contributed by atoms with Crippen LogP contribution in [0.2, 0.25) is 0 Å². The minimum Gasteiger partial charge on any atom is -0.508 e. The summed E-state index contributed by atoms with van der Waals surface area (Å²) in [5.74, 6) is -0.780. The number of urea groups is 1. The number of nitrogens with zero attached hydrogens (tertiary/aromatic N) is 2. The first kappa shape index (κ1) is 26.7. The molecule has 1 aliphatic carbocycles. The average molecular weight is 526 g/mol. The lowest BCUT2D eigenvalue weighted by Gasteiger charge is -2.31. The van der Waals surface area contributed by atoms with E-state index in [0.29, 0.717) is 19.6 Å². The number of carbonyl (C=O) groups is 3. The van der Waals surface area contributed by atoms with E-state index in [1.807, 2.05) is 4.90 Å². The summed E-state index contributed by atoms with van der Waals surface area (Å²) in [6, 6.07) is 5.50. The van der Waals surface area contributed by atoms with E-state index in [1.165, 1.54) is 41.9 Å². The maximum atomic E-state index is 12.8. The fourth-order valence-corrected chi connectivity index (χ4v) is 5.78. The van der Waals surface area contributed by atoms with Crippen molar-refractivity contribution in [3.8, 4) is 5.75 Å². The summed E-state index contributed by atoms with van der Waals surface area (Å²) in [5, 5.41) is 17.7. The highest BCUT2D eigenvalue weighted by Crippen LogP contribution is 2.30. The van der Waals surface area contributed by atoms with Crippen LogP contribution in [0.1, 0.15) is 71.9 Å². The Balaban J connectivity index is 1.24. The standard InChI is InChI=1S/C27H35N5O4S/c28-24(34)22(16-19-6-8-21(33)9-7-19)30-25(35)23-17-37-26(31-23)20-11-14-32(15-12-20)27(36)29-13-10-18-4-2-1-3-5-18/h4,6-9,17,20,22,33H,1-3,5,10-16H2,(H2,28,34)(H,29,36)(H,30,35). The number of benzene rings is 1. The van der Waals surface area contributed by atoms with E-state index in [9.17, 15) is 19.5 Å². The van der Waals surface area contributed by atoms with Crippen molar-refractivity contribution in [3.05, 3.63) is 57.6 Å². The Kier molecular flexibility index (Phi) is 9.16. The fraction of sp³-hybridized carbons (Fsp3) is 0.481. The van der Waals surface area contributed by atoms with Crippen LogP contribution in [0, 0.1) is 0 Å². The van der Waals surface area contributed by atoms with Crippen molar-refractivity contribution in [2.75, 3.05) is 19.6 Å². The molecular weight excluding hydrogens is 490 g/mol. The molecule has 198 valence electrons. The smallest absolute Gasteiger partial charge is 0.317 e. The largest absolute Gasteiger partial charge is 0.508 e. The van der Waals surface area contributed by atoms with Crippen LogP contribution in [-0.4, -0.2) is 58.5 Å². The Morgan fingerprint density at radius 3 is 2.59 bits per heavy atom. The number of amides is 4. The van der Waals surface area contributed by atoms with Gasteiger partial charge in [-0.05, 0) is 62.6 Å². The zero-order chi connectivity index (χ0) is 26.2. The van der Waals surface area contributed by atoms with Crippen LogP contribution in [-0.2, 0) is 11.2 Å². The number of likely N-dealkylation sites (tertiary alicyclic amines) is 1. The first-order valence-electron chi connectivity index (χ1n) is 12.9. The first-order chi connectivity index (χ1) is 17.9. The number of rotatable bonds is 9. The summed E-state index contributed by atoms with van der Waals surface area (Å²) in [6.45, 7) is 1.97. The molecule has 10 heteroatoms. The van der Waals surface area contributed by atoms with Gasteiger partial charge in [0, 0.05) is 37.4 Å². The second-order valence-electron chi connectivity index (χ2n) is 9.72. The molecule has 0 radical (unpaired) electrons. The van der Waals surface area contributed by atoms with E-state index < -0.39 is 17.9 Å². The van der Waals surface area contributed by atoms with E-state index >= 15 is 0 Å². The van der Waals surface area contributed by atoms with Gasteiger partial charge in [-0.1, -0.05) is 23.8 Å². The Labute approximate surface area is 221 Å². The topological polar surface area (TPSA) is 138 Å². The predicted octanol–water partition coefficient (Wildman–Crippen LogP) is 3.45. The molecule has 1 aliphatic heterocycles. The van der Waals surface area contributed by atoms with Crippen LogP contribution in [0.3, 0.4) is 0 Å². The molecule has 1 aromatic heterocycles. The zero-order valence-corrected chi connectivity index (χ0v) is 21.8. The number of primary amides is 1. The summed E-state index contributed by atoms with van der Waals surface area (Å²) in [7, 11) is 0. The molecule has 0 bridgehead atoms. The van der Waals surface area contributed by atoms with Gasteiger partial charge in [-0.15, -0.1) is 11.3 Å². The molecule has 37 heavy (non-hydrogen) atoms. The number of hydrogen-bond acceptors (Lipinski definition) is 6. The molecule has 9 nitrogen and oxygen atoms in total. The average Bonchev–Trinajstić information content (AvgIpc) is 3.41. The minimum absolute atomic E-state index is 0.0137. The highest BCUT2D eigenvalue weighted by Gasteiger charge is 2.27. The Morgan fingerprint density at radius 1 is 1.16 bits per heavy atom. The number of nitrogens with one attached hydrogen (secondary N) is 2. The summed E-state index contributed by atoms with van der Waals surface area (Å²) in [4.78, 5) is 43.6. The van der Waals surface area contributed by atoms with Gasteiger partial charge in [-0.25, -0.2) is 9.78 Å². The van der Waals surface area contributed by atoms with Crippen molar-refractivity contribution >= 4 is 29.2 Å². The molecule has 2 aliphatic rings. The Hall–Kier alpha value is -3.40. The molecule has 1 saturated heterocycles. The summed E-state index contributed by atoms with van der Waals surface area (Å²) < 4.78 is 0. The Bertz CT molecular complexity index is 1120. The van der Waals surface area contributed by atoms with Gasteiger partial charge in [0.05, 0.1) is 5.01 Å². The first-order valence-corrected chi connectivity index (χ1v) is 13.8. The van der Waals surface area contributed by atoms with E-state index in [4.69, 9.17) is 5.73 Å².